The third-order valence-corrected chi connectivity index (χ3v) is 9.98. The molecule has 4 fully saturated rings. The highest BCUT2D eigenvalue weighted by molar-refractivity contribution is 9.10. The van der Waals surface area contributed by atoms with E-state index in [9.17, 15) is 9.59 Å². The van der Waals surface area contributed by atoms with Crippen LogP contribution in [0.4, 0.5) is 0 Å². The van der Waals surface area contributed by atoms with Gasteiger partial charge in [0, 0.05) is 48.9 Å². The van der Waals surface area contributed by atoms with E-state index in [1.165, 1.54) is 24.0 Å². The van der Waals surface area contributed by atoms with Crippen molar-refractivity contribution in [3.8, 4) is 0 Å². The van der Waals surface area contributed by atoms with Crippen LogP contribution in [0.3, 0.4) is 0 Å². The van der Waals surface area contributed by atoms with E-state index in [0.717, 1.165) is 62.9 Å². The third kappa shape index (κ3) is 5.30. The Morgan fingerprint density at radius 1 is 0.973 bits per heavy atom. The summed E-state index contributed by atoms with van der Waals surface area (Å²) < 4.78 is 1.06. The number of halogens is 1. The first kappa shape index (κ1) is 25.3. The number of nitrogens with zero attached hydrogens (tertiary/aromatic N) is 2. The number of amides is 1. The topological polar surface area (TPSA) is 52.7 Å². The molecule has 3 saturated heterocycles. The van der Waals surface area contributed by atoms with Gasteiger partial charge in [0.05, 0.1) is 11.5 Å². The van der Waals surface area contributed by atoms with E-state index in [4.69, 9.17) is 0 Å². The molecule has 1 amide bonds. The lowest BCUT2D eigenvalue weighted by Gasteiger charge is -2.44. The van der Waals surface area contributed by atoms with Gasteiger partial charge in [-0.3, -0.25) is 14.5 Å². The van der Waals surface area contributed by atoms with E-state index in [2.05, 4.69) is 73.5 Å². The zero-order valence-corrected chi connectivity index (χ0v) is 23.2. The fourth-order valence-electron chi connectivity index (χ4n) is 7.08. The minimum absolute atomic E-state index is 0.0477. The van der Waals surface area contributed by atoms with Gasteiger partial charge in [-0.1, -0.05) is 58.4 Å². The van der Waals surface area contributed by atoms with Crippen molar-refractivity contribution in [2.75, 3.05) is 32.7 Å². The second kappa shape index (κ2) is 10.6. The van der Waals surface area contributed by atoms with Gasteiger partial charge in [-0.25, -0.2) is 0 Å². The highest BCUT2D eigenvalue weighted by Crippen LogP contribution is 2.44. The van der Waals surface area contributed by atoms with Gasteiger partial charge in [0.25, 0.3) is 0 Å². The zero-order chi connectivity index (χ0) is 25.4. The third-order valence-electron chi connectivity index (χ3n) is 9.45. The highest BCUT2D eigenvalue weighted by atomic mass is 79.9. The quantitative estimate of drug-likeness (QED) is 0.490. The molecule has 2 aromatic rings. The Balaban J connectivity index is 1.16. The first-order valence-corrected chi connectivity index (χ1v) is 14.9. The number of benzene rings is 2. The first-order chi connectivity index (χ1) is 18.0. The number of ketones is 1. The van der Waals surface area contributed by atoms with Crippen molar-refractivity contribution < 1.29 is 9.59 Å². The molecule has 1 aliphatic carbocycles. The molecular weight excluding hydrogens is 526 g/mol. The van der Waals surface area contributed by atoms with Crippen molar-refractivity contribution in [3.05, 3.63) is 70.2 Å². The molecule has 1 N–H and O–H groups in total. The molecule has 3 aliphatic heterocycles. The van der Waals surface area contributed by atoms with E-state index in [1.807, 2.05) is 12.1 Å². The summed E-state index contributed by atoms with van der Waals surface area (Å²) in [6, 6.07) is 19.0. The Bertz CT molecular complexity index is 1110. The summed E-state index contributed by atoms with van der Waals surface area (Å²) in [5.74, 6) is 2.00. The normalized spacial score (nSPS) is 26.6. The van der Waals surface area contributed by atoms with Crippen LogP contribution in [0, 0.1) is 17.3 Å². The first-order valence-electron chi connectivity index (χ1n) is 14.1. The van der Waals surface area contributed by atoms with Crippen LogP contribution in [-0.4, -0.2) is 60.3 Å². The summed E-state index contributed by atoms with van der Waals surface area (Å²) in [5, 5.41) is 3.61. The van der Waals surface area contributed by atoms with Gasteiger partial charge in [0.2, 0.25) is 5.91 Å². The standard InChI is InChI=1S/C31H38BrN3O2/c32-25-10-8-23(9-11-25)21-35-17-14-31(30(35)37)12-15-34(16-13-31)29(28(36)18-22-6-7-22)27-20-33-19-26(27)24-4-2-1-3-5-24/h1-5,8-11,22,26-27,29,33H,6-7,12-21H2/t26-,27-,29?/m1/s1. The second-order valence-electron chi connectivity index (χ2n) is 11.8. The van der Waals surface area contributed by atoms with Crippen LogP contribution in [-0.2, 0) is 16.1 Å². The van der Waals surface area contributed by atoms with Gasteiger partial charge in [0.1, 0.15) is 0 Å². The molecule has 6 heteroatoms. The Morgan fingerprint density at radius 2 is 1.68 bits per heavy atom. The maximum atomic E-state index is 13.8. The number of rotatable bonds is 8. The molecule has 3 atom stereocenters. The number of nitrogens with one attached hydrogen (secondary N) is 1. The fourth-order valence-corrected chi connectivity index (χ4v) is 7.35. The molecule has 3 heterocycles. The zero-order valence-electron chi connectivity index (χ0n) is 21.6. The Labute approximate surface area is 229 Å². The van der Waals surface area contributed by atoms with E-state index in [0.29, 0.717) is 30.1 Å². The van der Waals surface area contributed by atoms with Crippen molar-refractivity contribution in [2.24, 2.45) is 17.3 Å². The van der Waals surface area contributed by atoms with Crippen molar-refractivity contribution >= 4 is 27.6 Å². The molecule has 1 saturated carbocycles. The molecule has 0 bridgehead atoms. The lowest BCUT2D eigenvalue weighted by atomic mass is 9.74. The van der Waals surface area contributed by atoms with E-state index < -0.39 is 0 Å². The molecular formula is C31H38BrN3O2. The lowest BCUT2D eigenvalue weighted by Crippen LogP contribution is -2.54. The van der Waals surface area contributed by atoms with E-state index in [-0.39, 0.29) is 17.4 Å². The molecule has 2 aromatic carbocycles. The van der Waals surface area contributed by atoms with Crippen LogP contribution >= 0.6 is 15.9 Å². The summed E-state index contributed by atoms with van der Waals surface area (Å²) in [5.41, 5.74) is 2.27. The van der Waals surface area contributed by atoms with Gasteiger partial charge < -0.3 is 10.2 Å². The smallest absolute Gasteiger partial charge is 0.229 e. The summed E-state index contributed by atoms with van der Waals surface area (Å²) in [6.45, 7) is 5.04. The minimum Gasteiger partial charge on any atom is -0.338 e. The van der Waals surface area contributed by atoms with E-state index in [1.54, 1.807) is 0 Å². The average molecular weight is 565 g/mol. The summed E-state index contributed by atoms with van der Waals surface area (Å²) in [6.07, 6.45) is 5.81. The predicted octanol–water partition coefficient (Wildman–Crippen LogP) is 5.00. The SMILES string of the molecule is O=C(CC1CC1)C([C@@H]1CNC[C@@H]1c1ccccc1)N1CCC2(CCN(Cc3ccc(Br)cc3)C2=O)CC1. The molecule has 1 unspecified atom stereocenters. The van der Waals surface area contributed by atoms with Gasteiger partial charge in [-0.2, -0.15) is 0 Å². The van der Waals surface area contributed by atoms with Crippen molar-refractivity contribution in [1.29, 1.82) is 0 Å². The molecule has 4 aliphatic rings. The van der Waals surface area contributed by atoms with Gasteiger partial charge in [-0.15, -0.1) is 0 Å². The van der Waals surface area contributed by atoms with Crippen LogP contribution in [0.2, 0.25) is 0 Å². The molecule has 1 spiro atoms. The van der Waals surface area contributed by atoms with Gasteiger partial charge >= 0.3 is 0 Å². The number of carbonyl (C=O) groups is 2. The van der Waals surface area contributed by atoms with Crippen LogP contribution in [0.5, 0.6) is 0 Å². The van der Waals surface area contributed by atoms with Crippen molar-refractivity contribution in [1.82, 2.24) is 15.1 Å². The molecule has 5 nitrogen and oxygen atoms in total. The average Bonchev–Trinajstić information content (AvgIpc) is 3.52. The maximum Gasteiger partial charge on any atom is 0.229 e. The predicted molar refractivity (Wildman–Crippen MR) is 149 cm³/mol. The number of hydrogen-bond acceptors (Lipinski definition) is 4. The monoisotopic (exact) mass is 563 g/mol. The largest absolute Gasteiger partial charge is 0.338 e. The number of Topliss-reactive ketones (excluding diaryl/α,β-unsaturated/α-hetero) is 1. The maximum absolute atomic E-state index is 13.8. The number of hydrogen-bond donors (Lipinski definition) is 1. The summed E-state index contributed by atoms with van der Waals surface area (Å²) in [4.78, 5) is 31.9. The Hall–Kier alpha value is -2.02. The van der Waals surface area contributed by atoms with Gasteiger partial charge in [-0.05, 0) is 74.4 Å². The van der Waals surface area contributed by atoms with Crippen molar-refractivity contribution in [3.63, 3.8) is 0 Å². The molecule has 37 heavy (non-hydrogen) atoms. The molecule has 0 radical (unpaired) electrons. The molecule has 6 rings (SSSR count). The van der Waals surface area contributed by atoms with Crippen LogP contribution in [0.15, 0.2) is 59.1 Å². The second-order valence-corrected chi connectivity index (χ2v) is 12.7. The minimum atomic E-state index is -0.247. The van der Waals surface area contributed by atoms with Crippen LogP contribution < -0.4 is 5.32 Å². The molecule has 196 valence electrons. The number of likely N-dealkylation sites (tertiary alicyclic amines) is 2. The van der Waals surface area contributed by atoms with E-state index >= 15 is 0 Å². The number of piperidine rings is 1. The highest BCUT2D eigenvalue weighted by Gasteiger charge is 2.50. The van der Waals surface area contributed by atoms with Crippen LogP contribution in [0.1, 0.15) is 55.6 Å². The number of carbonyl (C=O) groups excluding carboxylic acids is 2. The lowest BCUT2D eigenvalue weighted by molar-refractivity contribution is -0.140. The summed E-state index contributed by atoms with van der Waals surface area (Å²) in [7, 11) is 0. The van der Waals surface area contributed by atoms with Crippen molar-refractivity contribution in [2.45, 2.75) is 57.0 Å². The Morgan fingerprint density at radius 3 is 2.38 bits per heavy atom. The fraction of sp³-hybridized carbons (Fsp3) is 0.548. The molecule has 0 aromatic heterocycles. The van der Waals surface area contributed by atoms with Gasteiger partial charge in [0.15, 0.2) is 5.78 Å². The van der Waals surface area contributed by atoms with Crippen LogP contribution in [0.25, 0.3) is 0 Å². The Kier molecular flexibility index (Phi) is 7.26. The summed E-state index contributed by atoms with van der Waals surface area (Å²) >= 11 is 3.50.